The normalized spacial score (nSPS) is 11.4. The minimum Gasteiger partial charge on any atom is -0.360 e. The Morgan fingerprint density at radius 1 is 1.00 bits per heavy atom. The van der Waals surface area contributed by atoms with Gasteiger partial charge in [0.2, 0.25) is 0 Å². The minimum absolute atomic E-state index is 0.0662. The van der Waals surface area contributed by atoms with Gasteiger partial charge in [0.15, 0.2) is 10.7 Å². The molecule has 0 amide bonds. The fourth-order valence-electron chi connectivity index (χ4n) is 2.61. The third kappa shape index (κ3) is 3.84. The summed E-state index contributed by atoms with van der Waals surface area (Å²) in [6, 6.07) is 12.5. The van der Waals surface area contributed by atoms with Crippen LogP contribution in [0.4, 0.5) is 17.1 Å². The van der Waals surface area contributed by atoms with Crippen molar-refractivity contribution in [1.82, 2.24) is 5.16 Å². The lowest BCUT2D eigenvalue weighted by Gasteiger charge is -2.11. The van der Waals surface area contributed by atoms with Crippen molar-refractivity contribution in [3.05, 3.63) is 64.5 Å². The van der Waals surface area contributed by atoms with Crippen LogP contribution in [0.25, 0.3) is 0 Å². The fourth-order valence-corrected chi connectivity index (χ4v) is 4.23. The summed E-state index contributed by atoms with van der Waals surface area (Å²) in [5.41, 5.74) is 3.55. The molecule has 0 spiro atoms. The van der Waals surface area contributed by atoms with E-state index in [0.717, 1.165) is 16.9 Å². The molecule has 3 aromatic rings. The molecule has 1 aromatic heterocycles. The highest BCUT2D eigenvalue weighted by Gasteiger charge is 2.24. The Hall–Kier alpha value is -2.51. The molecule has 0 saturated carbocycles. The lowest BCUT2D eigenvalue weighted by molar-refractivity contribution is 0.390. The number of rotatable bonds is 5. The number of hydrogen-bond acceptors (Lipinski definition) is 5. The maximum absolute atomic E-state index is 12.5. The van der Waals surface area contributed by atoms with E-state index in [0.29, 0.717) is 16.4 Å². The number of aromatic nitrogens is 1. The molecule has 136 valence electrons. The number of nitrogens with zero attached hydrogens (tertiary/aromatic N) is 1. The molecular formula is C18H18ClN3O3S. The molecule has 0 saturated heterocycles. The number of aryl methyl sites for hydroxylation is 3. The molecule has 8 heteroatoms. The molecule has 0 radical (unpaired) electrons. The highest BCUT2D eigenvalue weighted by molar-refractivity contribution is 7.92. The van der Waals surface area contributed by atoms with Gasteiger partial charge in [-0.3, -0.25) is 4.72 Å². The zero-order chi connectivity index (χ0) is 18.9. The second-order valence-corrected chi connectivity index (χ2v) is 7.98. The smallest absolute Gasteiger partial charge is 0.267 e. The van der Waals surface area contributed by atoms with Crippen LogP contribution in [0.1, 0.15) is 17.0 Å². The first kappa shape index (κ1) is 18.3. The van der Waals surface area contributed by atoms with Crippen molar-refractivity contribution in [1.29, 1.82) is 0 Å². The number of benzene rings is 2. The molecule has 26 heavy (non-hydrogen) atoms. The van der Waals surface area contributed by atoms with E-state index >= 15 is 0 Å². The molecule has 0 fully saturated rings. The number of anilines is 3. The average molecular weight is 392 g/mol. The van der Waals surface area contributed by atoms with Gasteiger partial charge in [0, 0.05) is 22.1 Å². The van der Waals surface area contributed by atoms with Crippen molar-refractivity contribution in [3.63, 3.8) is 0 Å². The maximum Gasteiger partial charge on any atom is 0.267 e. The van der Waals surface area contributed by atoms with E-state index in [9.17, 15) is 8.42 Å². The molecule has 6 nitrogen and oxygen atoms in total. The molecule has 0 aliphatic heterocycles. The lowest BCUT2D eigenvalue weighted by Crippen LogP contribution is -2.14. The van der Waals surface area contributed by atoms with Gasteiger partial charge in [0.25, 0.3) is 10.0 Å². The third-order valence-corrected chi connectivity index (χ3v) is 5.70. The van der Waals surface area contributed by atoms with Gasteiger partial charge >= 0.3 is 0 Å². The molecule has 0 atom stereocenters. The molecule has 2 aromatic carbocycles. The van der Waals surface area contributed by atoms with E-state index in [1.54, 1.807) is 38.1 Å². The van der Waals surface area contributed by atoms with Crippen LogP contribution in [-0.2, 0) is 10.0 Å². The predicted molar refractivity (Wildman–Crippen MR) is 103 cm³/mol. The Bertz CT molecular complexity index is 1020. The van der Waals surface area contributed by atoms with Gasteiger partial charge in [-0.25, -0.2) is 8.42 Å². The summed E-state index contributed by atoms with van der Waals surface area (Å²) in [5, 5.41) is 7.64. The minimum atomic E-state index is -3.76. The number of nitrogens with one attached hydrogen (secondary N) is 2. The largest absolute Gasteiger partial charge is 0.360 e. The van der Waals surface area contributed by atoms with Gasteiger partial charge in [0.1, 0.15) is 5.69 Å². The van der Waals surface area contributed by atoms with Gasteiger partial charge in [-0.2, -0.15) is 0 Å². The number of sulfonamides is 1. The Kier molecular flexibility index (Phi) is 4.93. The van der Waals surface area contributed by atoms with E-state index in [1.165, 1.54) is 0 Å². The second-order valence-electron chi connectivity index (χ2n) is 5.92. The zero-order valence-electron chi connectivity index (χ0n) is 14.5. The molecule has 0 unspecified atom stereocenters. The molecular weight excluding hydrogens is 374 g/mol. The van der Waals surface area contributed by atoms with Crippen LogP contribution in [0.5, 0.6) is 0 Å². The first-order valence-corrected chi connectivity index (χ1v) is 9.71. The van der Waals surface area contributed by atoms with Gasteiger partial charge in [-0.15, -0.1) is 0 Å². The third-order valence-electron chi connectivity index (χ3n) is 3.84. The van der Waals surface area contributed by atoms with Crippen LogP contribution in [0, 0.1) is 20.8 Å². The van der Waals surface area contributed by atoms with Crippen molar-refractivity contribution < 1.29 is 12.9 Å². The highest BCUT2D eigenvalue weighted by Crippen LogP contribution is 2.26. The molecule has 0 aliphatic carbocycles. The van der Waals surface area contributed by atoms with E-state index < -0.39 is 10.0 Å². The van der Waals surface area contributed by atoms with Crippen LogP contribution in [0.15, 0.2) is 51.9 Å². The second kappa shape index (κ2) is 7.01. The highest BCUT2D eigenvalue weighted by atomic mass is 35.5. The summed E-state index contributed by atoms with van der Waals surface area (Å²) >= 11 is 5.96. The summed E-state index contributed by atoms with van der Waals surface area (Å²) in [4.78, 5) is 0.0662. The summed E-state index contributed by atoms with van der Waals surface area (Å²) in [6.07, 6.45) is 0. The summed E-state index contributed by atoms with van der Waals surface area (Å²) in [7, 11) is -3.76. The van der Waals surface area contributed by atoms with Gasteiger partial charge in [0.05, 0.1) is 0 Å². The molecule has 1 heterocycles. The predicted octanol–water partition coefficient (Wildman–Crippen LogP) is 4.80. The molecule has 0 bridgehead atoms. The van der Waals surface area contributed by atoms with Crippen LogP contribution in [0.3, 0.4) is 0 Å². The van der Waals surface area contributed by atoms with E-state index in [1.807, 2.05) is 25.1 Å². The average Bonchev–Trinajstić information content (AvgIpc) is 2.91. The van der Waals surface area contributed by atoms with Crippen molar-refractivity contribution in [2.75, 3.05) is 10.0 Å². The van der Waals surface area contributed by atoms with Crippen molar-refractivity contribution >= 4 is 38.7 Å². The Morgan fingerprint density at radius 3 is 2.23 bits per heavy atom. The first-order valence-electron chi connectivity index (χ1n) is 7.85. The van der Waals surface area contributed by atoms with Gasteiger partial charge < -0.3 is 9.84 Å². The standard InChI is InChI=1S/C18H18ClN3O3S/c1-11-10-14(19)4-9-17(11)20-15-5-7-16(8-6-15)22-26(23,24)18-12(2)21-25-13(18)3/h4-10,20,22H,1-3H3. The van der Waals surface area contributed by atoms with E-state index in [4.69, 9.17) is 16.1 Å². The Morgan fingerprint density at radius 2 is 1.65 bits per heavy atom. The summed E-state index contributed by atoms with van der Waals surface area (Å²) in [5.74, 6) is 0.256. The van der Waals surface area contributed by atoms with Crippen molar-refractivity contribution in [2.45, 2.75) is 25.7 Å². The lowest BCUT2D eigenvalue weighted by atomic mass is 10.2. The SMILES string of the molecule is Cc1cc(Cl)ccc1Nc1ccc(NS(=O)(=O)c2c(C)noc2C)cc1. The monoisotopic (exact) mass is 391 g/mol. The molecule has 0 aliphatic rings. The maximum atomic E-state index is 12.5. The molecule has 2 N–H and O–H groups in total. The van der Waals surface area contributed by atoms with Gasteiger partial charge in [-0.05, 0) is 68.8 Å². The number of hydrogen-bond donors (Lipinski definition) is 2. The Labute approximate surface area is 157 Å². The van der Waals surface area contributed by atoms with E-state index in [-0.39, 0.29) is 10.7 Å². The van der Waals surface area contributed by atoms with Crippen LogP contribution < -0.4 is 10.0 Å². The van der Waals surface area contributed by atoms with Crippen LogP contribution in [-0.4, -0.2) is 13.6 Å². The summed E-state index contributed by atoms with van der Waals surface area (Å²) in [6.45, 7) is 5.11. The Balaban J connectivity index is 1.77. The summed E-state index contributed by atoms with van der Waals surface area (Å²) < 4.78 is 32.5. The van der Waals surface area contributed by atoms with Crippen molar-refractivity contribution in [3.8, 4) is 0 Å². The zero-order valence-corrected chi connectivity index (χ0v) is 16.1. The quantitative estimate of drug-likeness (QED) is 0.652. The van der Waals surface area contributed by atoms with E-state index in [2.05, 4.69) is 15.2 Å². The van der Waals surface area contributed by atoms with Crippen LogP contribution in [0.2, 0.25) is 5.02 Å². The molecule has 3 rings (SSSR count). The van der Waals surface area contributed by atoms with Gasteiger partial charge in [-0.1, -0.05) is 16.8 Å². The van der Waals surface area contributed by atoms with Crippen molar-refractivity contribution in [2.24, 2.45) is 0 Å². The fraction of sp³-hybridized carbons (Fsp3) is 0.167. The number of halogens is 1. The van der Waals surface area contributed by atoms with Crippen LogP contribution >= 0.6 is 11.6 Å². The topological polar surface area (TPSA) is 84.2 Å². The first-order chi connectivity index (χ1) is 12.3.